The topological polar surface area (TPSA) is 89.9 Å². The van der Waals surface area contributed by atoms with E-state index in [4.69, 9.17) is 31.4 Å². The lowest BCUT2D eigenvalue weighted by Crippen LogP contribution is -2.38. The van der Waals surface area contributed by atoms with Crippen LogP contribution in [0.15, 0.2) is 53.4 Å². The van der Waals surface area contributed by atoms with Crippen LogP contribution in [0.3, 0.4) is 0 Å². The van der Waals surface area contributed by atoms with Gasteiger partial charge >= 0.3 is 11.9 Å². The van der Waals surface area contributed by atoms with Gasteiger partial charge in [0, 0.05) is 30.6 Å². The number of nitrogens with one attached hydrogen (secondary N) is 1. The van der Waals surface area contributed by atoms with E-state index >= 15 is 0 Å². The van der Waals surface area contributed by atoms with E-state index in [-0.39, 0.29) is 0 Å². The lowest BCUT2D eigenvalue weighted by atomic mass is 10.0. The Labute approximate surface area is 179 Å². The summed E-state index contributed by atoms with van der Waals surface area (Å²) in [5.41, 5.74) is 2.46. The van der Waals surface area contributed by atoms with Crippen molar-refractivity contribution < 1.29 is 19.8 Å². The van der Waals surface area contributed by atoms with Gasteiger partial charge in [0.15, 0.2) is 0 Å². The van der Waals surface area contributed by atoms with Crippen molar-refractivity contribution in [3.8, 4) is 0 Å². The molecular formula is C21H25ClN2O4S. The highest BCUT2D eigenvalue weighted by Crippen LogP contribution is 2.24. The van der Waals surface area contributed by atoms with Crippen molar-refractivity contribution in [3.63, 3.8) is 0 Å². The summed E-state index contributed by atoms with van der Waals surface area (Å²) in [6.07, 6.45) is 4.44. The van der Waals surface area contributed by atoms with Gasteiger partial charge in [0.05, 0.1) is 10.7 Å². The molecule has 6 nitrogen and oxygen atoms in total. The Morgan fingerprint density at radius 3 is 2.17 bits per heavy atom. The van der Waals surface area contributed by atoms with Gasteiger partial charge in [0.2, 0.25) is 0 Å². The first-order chi connectivity index (χ1) is 13.9. The molecule has 3 rings (SSSR count). The Hall–Kier alpha value is -2.22. The van der Waals surface area contributed by atoms with Crippen molar-refractivity contribution in [1.29, 1.82) is 0 Å². The van der Waals surface area contributed by atoms with Gasteiger partial charge in [-0.1, -0.05) is 35.9 Å². The van der Waals surface area contributed by atoms with Crippen LogP contribution in [-0.2, 0) is 16.1 Å². The molecule has 0 atom stereocenters. The van der Waals surface area contributed by atoms with Crippen molar-refractivity contribution in [2.75, 3.05) is 24.7 Å². The quantitative estimate of drug-likeness (QED) is 0.475. The molecule has 8 heteroatoms. The first kappa shape index (κ1) is 23.1. The molecule has 0 aliphatic carbocycles. The average molecular weight is 437 g/mol. The number of benzene rings is 2. The minimum atomic E-state index is -1.82. The number of carboxylic acids is 2. The van der Waals surface area contributed by atoms with E-state index in [9.17, 15) is 0 Å². The Balaban J connectivity index is 0.000000438. The van der Waals surface area contributed by atoms with Crippen molar-refractivity contribution >= 4 is 41.0 Å². The number of hydrogen-bond acceptors (Lipinski definition) is 5. The Morgan fingerprint density at radius 2 is 1.66 bits per heavy atom. The van der Waals surface area contributed by atoms with Gasteiger partial charge in [-0.05, 0) is 48.9 Å². The number of carboxylic acid groups (broad SMARTS) is 2. The van der Waals surface area contributed by atoms with Gasteiger partial charge in [-0.3, -0.25) is 4.90 Å². The van der Waals surface area contributed by atoms with Crippen LogP contribution >= 0.6 is 23.4 Å². The van der Waals surface area contributed by atoms with Crippen LogP contribution in [0, 0.1) is 0 Å². The van der Waals surface area contributed by atoms with Crippen molar-refractivity contribution in [2.45, 2.75) is 30.3 Å². The second kappa shape index (κ2) is 11.7. The summed E-state index contributed by atoms with van der Waals surface area (Å²) in [6.45, 7) is 3.31. The number of halogens is 1. The summed E-state index contributed by atoms with van der Waals surface area (Å²) in [6, 6.07) is 17.4. The van der Waals surface area contributed by atoms with E-state index in [0.29, 0.717) is 6.04 Å². The molecule has 3 N–H and O–H groups in total. The Kier molecular flexibility index (Phi) is 9.31. The summed E-state index contributed by atoms with van der Waals surface area (Å²) in [5, 5.41) is 19.2. The third-order valence-corrected chi connectivity index (χ3v) is 5.64. The molecule has 0 saturated carbocycles. The number of thioether (sulfide) groups is 1. The Bertz CT molecular complexity index is 797. The van der Waals surface area contributed by atoms with E-state index < -0.39 is 11.9 Å². The molecule has 2 aromatic carbocycles. The smallest absolute Gasteiger partial charge is 0.414 e. The molecule has 1 fully saturated rings. The molecule has 0 unspecified atom stereocenters. The zero-order chi connectivity index (χ0) is 21.2. The second-order valence-corrected chi connectivity index (χ2v) is 7.92. The predicted molar refractivity (Wildman–Crippen MR) is 117 cm³/mol. The highest BCUT2D eigenvalue weighted by atomic mass is 35.5. The van der Waals surface area contributed by atoms with Crippen molar-refractivity contribution in [2.24, 2.45) is 0 Å². The van der Waals surface area contributed by atoms with Crippen molar-refractivity contribution in [3.05, 3.63) is 59.1 Å². The van der Waals surface area contributed by atoms with Crippen LogP contribution in [0.1, 0.15) is 18.4 Å². The maximum atomic E-state index is 9.10. The van der Waals surface area contributed by atoms with Crippen LogP contribution in [0.4, 0.5) is 5.69 Å². The number of piperidine rings is 1. The third kappa shape index (κ3) is 7.97. The van der Waals surface area contributed by atoms with E-state index in [2.05, 4.69) is 46.8 Å². The minimum Gasteiger partial charge on any atom is -0.473 e. The van der Waals surface area contributed by atoms with Gasteiger partial charge in [-0.2, -0.15) is 0 Å². The normalized spacial score (nSPS) is 14.6. The maximum absolute atomic E-state index is 9.10. The predicted octanol–water partition coefficient (Wildman–Crippen LogP) is 4.29. The molecule has 1 heterocycles. The highest BCUT2D eigenvalue weighted by Gasteiger charge is 2.19. The molecule has 1 aliphatic heterocycles. The lowest BCUT2D eigenvalue weighted by molar-refractivity contribution is -0.159. The van der Waals surface area contributed by atoms with E-state index in [1.54, 1.807) is 11.8 Å². The standard InChI is InChI=1S/C19H23ClN2S.C2H2O4/c1-23-17-8-6-15(7-9-17)14-22-12-10-16(11-13-22)21-19-5-3-2-4-18(19)20;3-1(4)2(5)6/h2-9,16,21H,10-14H2,1H3;(H,3,4)(H,5,6). The molecule has 0 aromatic heterocycles. The summed E-state index contributed by atoms with van der Waals surface area (Å²) >= 11 is 8.02. The number of aliphatic carboxylic acids is 2. The minimum absolute atomic E-state index is 0.519. The summed E-state index contributed by atoms with van der Waals surface area (Å²) in [5.74, 6) is -3.65. The number of carbonyl (C=O) groups is 2. The van der Waals surface area contributed by atoms with Gasteiger partial charge < -0.3 is 15.5 Å². The van der Waals surface area contributed by atoms with E-state index in [1.165, 1.54) is 10.5 Å². The number of hydrogen-bond donors (Lipinski definition) is 3. The summed E-state index contributed by atoms with van der Waals surface area (Å²) in [7, 11) is 0. The number of anilines is 1. The lowest BCUT2D eigenvalue weighted by Gasteiger charge is -2.33. The summed E-state index contributed by atoms with van der Waals surface area (Å²) < 4.78 is 0. The summed E-state index contributed by atoms with van der Waals surface area (Å²) in [4.78, 5) is 22.1. The molecule has 2 aromatic rings. The first-order valence-electron chi connectivity index (χ1n) is 9.21. The SMILES string of the molecule is CSc1ccc(CN2CCC(Nc3ccccc3Cl)CC2)cc1.O=C(O)C(=O)O. The monoisotopic (exact) mass is 436 g/mol. The van der Waals surface area contributed by atoms with Crippen LogP contribution in [-0.4, -0.2) is 52.4 Å². The molecule has 0 radical (unpaired) electrons. The van der Waals surface area contributed by atoms with Gasteiger partial charge in [-0.25, -0.2) is 9.59 Å². The molecule has 0 bridgehead atoms. The molecule has 1 saturated heterocycles. The number of para-hydroxylation sites is 1. The number of nitrogens with zero attached hydrogens (tertiary/aromatic N) is 1. The number of likely N-dealkylation sites (tertiary alicyclic amines) is 1. The molecule has 29 heavy (non-hydrogen) atoms. The van der Waals surface area contributed by atoms with Crippen LogP contribution in [0.2, 0.25) is 5.02 Å². The fourth-order valence-electron chi connectivity index (χ4n) is 3.02. The maximum Gasteiger partial charge on any atom is 0.414 e. The van der Waals surface area contributed by atoms with Gasteiger partial charge in [-0.15, -0.1) is 11.8 Å². The van der Waals surface area contributed by atoms with Gasteiger partial charge in [0.1, 0.15) is 0 Å². The van der Waals surface area contributed by atoms with Gasteiger partial charge in [0.25, 0.3) is 0 Å². The Morgan fingerprint density at radius 1 is 1.07 bits per heavy atom. The second-order valence-electron chi connectivity index (χ2n) is 6.63. The van der Waals surface area contributed by atoms with Crippen LogP contribution in [0.5, 0.6) is 0 Å². The van der Waals surface area contributed by atoms with E-state index in [1.807, 2.05) is 18.2 Å². The fourth-order valence-corrected chi connectivity index (χ4v) is 3.62. The van der Waals surface area contributed by atoms with Crippen molar-refractivity contribution in [1.82, 2.24) is 4.90 Å². The highest BCUT2D eigenvalue weighted by molar-refractivity contribution is 7.98. The van der Waals surface area contributed by atoms with Crippen LogP contribution in [0.25, 0.3) is 0 Å². The molecule has 0 spiro atoms. The van der Waals surface area contributed by atoms with E-state index in [0.717, 1.165) is 43.2 Å². The average Bonchev–Trinajstić information content (AvgIpc) is 2.72. The largest absolute Gasteiger partial charge is 0.473 e. The first-order valence-corrected chi connectivity index (χ1v) is 10.8. The molecule has 0 amide bonds. The molecule has 156 valence electrons. The molecular weight excluding hydrogens is 412 g/mol. The zero-order valence-electron chi connectivity index (χ0n) is 16.2. The molecule has 1 aliphatic rings. The third-order valence-electron chi connectivity index (χ3n) is 4.57. The number of rotatable bonds is 5. The van der Waals surface area contributed by atoms with Crippen LogP contribution < -0.4 is 5.32 Å². The fraction of sp³-hybridized carbons (Fsp3) is 0.333. The zero-order valence-corrected chi connectivity index (χ0v) is 17.7.